The first-order valence-corrected chi connectivity index (χ1v) is 8.71. The van der Waals surface area contributed by atoms with Crippen LogP contribution in [0, 0.1) is 6.92 Å². The number of phenols is 1. The summed E-state index contributed by atoms with van der Waals surface area (Å²) in [6.45, 7) is 2.05. The van der Waals surface area contributed by atoms with Gasteiger partial charge in [0.05, 0.1) is 0 Å². The van der Waals surface area contributed by atoms with Crippen LogP contribution >= 0.6 is 15.9 Å². The molecule has 2 N–H and O–H groups in total. The lowest BCUT2D eigenvalue weighted by Crippen LogP contribution is -1.99. The lowest BCUT2D eigenvalue weighted by atomic mass is 10.1. The van der Waals surface area contributed by atoms with Gasteiger partial charge in [0.1, 0.15) is 22.9 Å². The third-order valence-corrected chi connectivity index (χ3v) is 4.59. The number of anilines is 2. The first kappa shape index (κ1) is 15.7. The summed E-state index contributed by atoms with van der Waals surface area (Å²) in [7, 11) is 0. The highest BCUT2D eigenvalue weighted by molar-refractivity contribution is 9.10. The molecule has 0 saturated carbocycles. The summed E-state index contributed by atoms with van der Waals surface area (Å²) in [5.74, 6) is 1.10. The molecule has 0 unspecified atom stereocenters. The number of pyridine rings is 1. The van der Waals surface area contributed by atoms with E-state index in [1.807, 2.05) is 61.5 Å². The minimum Gasteiger partial charge on any atom is -0.508 e. The Morgan fingerprint density at radius 2 is 1.76 bits per heavy atom. The first-order valence-electron chi connectivity index (χ1n) is 7.92. The fraction of sp³-hybridized carbons (Fsp3) is 0.0500. The smallest absolute Gasteiger partial charge is 0.143 e. The molecule has 4 nitrogen and oxygen atoms in total. The van der Waals surface area contributed by atoms with Crippen molar-refractivity contribution in [3.05, 3.63) is 76.9 Å². The Balaban J connectivity index is 1.93. The van der Waals surface area contributed by atoms with Crippen molar-refractivity contribution in [1.82, 2.24) is 9.38 Å². The van der Waals surface area contributed by atoms with Crippen LogP contribution in [0.15, 0.2) is 71.2 Å². The van der Waals surface area contributed by atoms with Crippen LogP contribution in [0.1, 0.15) is 5.69 Å². The maximum atomic E-state index is 9.85. The summed E-state index contributed by atoms with van der Waals surface area (Å²) < 4.78 is 3.11. The third-order valence-electron chi connectivity index (χ3n) is 4.07. The standard InChI is InChI=1S/C20H16BrN3O/c1-13-4-2-7-18-23-19(14-5-3-6-17(25)12-14)20(24(13)18)22-16-10-8-15(21)9-11-16/h2-12,22,25H,1H3. The number of aromatic nitrogens is 2. The number of hydrogen-bond acceptors (Lipinski definition) is 3. The highest BCUT2D eigenvalue weighted by atomic mass is 79.9. The van der Waals surface area contributed by atoms with Gasteiger partial charge in [0.2, 0.25) is 0 Å². The van der Waals surface area contributed by atoms with Crippen LogP contribution in [-0.4, -0.2) is 14.5 Å². The van der Waals surface area contributed by atoms with E-state index in [0.717, 1.165) is 38.6 Å². The summed E-state index contributed by atoms with van der Waals surface area (Å²) in [5.41, 5.74) is 4.57. The molecule has 0 radical (unpaired) electrons. The molecule has 4 rings (SSSR count). The molecule has 0 aliphatic carbocycles. The average molecular weight is 394 g/mol. The Morgan fingerprint density at radius 3 is 2.52 bits per heavy atom. The predicted octanol–water partition coefficient (Wildman–Crippen LogP) is 5.52. The Kier molecular flexibility index (Phi) is 3.93. The fourth-order valence-corrected chi connectivity index (χ4v) is 3.16. The van der Waals surface area contributed by atoms with E-state index >= 15 is 0 Å². The molecule has 0 bridgehead atoms. The Bertz CT molecular complexity index is 1050. The Hall–Kier alpha value is -2.79. The second kappa shape index (κ2) is 6.26. The number of benzene rings is 2. The summed E-state index contributed by atoms with van der Waals surface area (Å²) in [6, 6.07) is 21.2. The highest BCUT2D eigenvalue weighted by Crippen LogP contribution is 2.33. The van der Waals surface area contributed by atoms with Crippen molar-refractivity contribution in [2.75, 3.05) is 5.32 Å². The van der Waals surface area contributed by atoms with Gasteiger partial charge in [-0.05, 0) is 55.5 Å². The number of aromatic hydroxyl groups is 1. The van der Waals surface area contributed by atoms with Gasteiger partial charge in [-0.3, -0.25) is 4.40 Å². The summed E-state index contributed by atoms with van der Waals surface area (Å²) in [4.78, 5) is 4.78. The minimum atomic E-state index is 0.223. The molecule has 0 saturated heterocycles. The van der Waals surface area contributed by atoms with Crippen molar-refractivity contribution in [1.29, 1.82) is 0 Å². The molecule has 0 atom stereocenters. The van der Waals surface area contributed by atoms with Gasteiger partial charge in [-0.2, -0.15) is 0 Å². The zero-order chi connectivity index (χ0) is 17.4. The van der Waals surface area contributed by atoms with Crippen LogP contribution in [0.3, 0.4) is 0 Å². The second-order valence-electron chi connectivity index (χ2n) is 5.85. The maximum absolute atomic E-state index is 9.85. The third kappa shape index (κ3) is 2.98. The molecule has 4 aromatic rings. The van der Waals surface area contributed by atoms with Gasteiger partial charge in [0, 0.05) is 21.4 Å². The molecule has 5 heteroatoms. The van der Waals surface area contributed by atoms with Crippen LogP contribution < -0.4 is 5.32 Å². The molecular formula is C20H16BrN3O. The number of nitrogens with zero attached hydrogens (tertiary/aromatic N) is 2. The molecular weight excluding hydrogens is 378 g/mol. The van der Waals surface area contributed by atoms with Crippen molar-refractivity contribution in [2.24, 2.45) is 0 Å². The van der Waals surface area contributed by atoms with Crippen molar-refractivity contribution in [3.63, 3.8) is 0 Å². The van der Waals surface area contributed by atoms with E-state index in [1.165, 1.54) is 0 Å². The van der Waals surface area contributed by atoms with E-state index < -0.39 is 0 Å². The minimum absolute atomic E-state index is 0.223. The van der Waals surface area contributed by atoms with Crippen LogP contribution in [-0.2, 0) is 0 Å². The molecule has 2 heterocycles. The fourth-order valence-electron chi connectivity index (χ4n) is 2.89. The van der Waals surface area contributed by atoms with E-state index in [0.29, 0.717) is 0 Å². The number of phenolic OH excluding ortho intramolecular Hbond substituents is 1. The van der Waals surface area contributed by atoms with E-state index in [9.17, 15) is 5.11 Å². The lowest BCUT2D eigenvalue weighted by molar-refractivity contribution is 0.475. The largest absolute Gasteiger partial charge is 0.508 e. The number of aryl methyl sites for hydroxylation is 1. The second-order valence-corrected chi connectivity index (χ2v) is 6.77. The van der Waals surface area contributed by atoms with Crippen LogP contribution in [0.4, 0.5) is 11.5 Å². The van der Waals surface area contributed by atoms with Crippen LogP contribution in [0.25, 0.3) is 16.9 Å². The number of fused-ring (bicyclic) bond motifs is 1. The molecule has 0 fully saturated rings. The summed E-state index contributed by atoms with van der Waals surface area (Å²) >= 11 is 3.46. The zero-order valence-corrected chi connectivity index (χ0v) is 15.2. The van der Waals surface area contributed by atoms with Crippen molar-refractivity contribution >= 4 is 33.1 Å². The SMILES string of the molecule is Cc1cccc2nc(-c3cccc(O)c3)c(Nc3ccc(Br)cc3)n12. The highest BCUT2D eigenvalue weighted by Gasteiger charge is 2.16. The summed E-state index contributed by atoms with van der Waals surface area (Å²) in [5, 5.41) is 13.3. The first-order chi connectivity index (χ1) is 12.1. The van der Waals surface area contributed by atoms with Gasteiger partial charge in [-0.1, -0.05) is 34.1 Å². The number of halogens is 1. The predicted molar refractivity (Wildman–Crippen MR) is 104 cm³/mol. The average Bonchev–Trinajstić information content (AvgIpc) is 2.97. The molecule has 2 aromatic heterocycles. The molecule has 0 aliphatic heterocycles. The Morgan fingerprint density at radius 1 is 1.00 bits per heavy atom. The van der Waals surface area contributed by atoms with Crippen molar-refractivity contribution in [2.45, 2.75) is 6.92 Å². The van der Waals surface area contributed by atoms with Gasteiger partial charge >= 0.3 is 0 Å². The number of imidazole rings is 1. The van der Waals surface area contributed by atoms with E-state index in [4.69, 9.17) is 4.98 Å². The summed E-state index contributed by atoms with van der Waals surface area (Å²) in [6.07, 6.45) is 0. The van der Waals surface area contributed by atoms with Crippen LogP contribution in [0.2, 0.25) is 0 Å². The van der Waals surface area contributed by atoms with Crippen LogP contribution in [0.5, 0.6) is 5.75 Å². The molecule has 0 aliphatic rings. The van der Waals surface area contributed by atoms with E-state index in [-0.39, 0.29) is 5.75 Å². The van der Waals surface area contributed by atoms with Crippen molar-refractivity contribution < 1.29 is 5.11 Å². The van der Waals surface area contributed by atoms with E-state index in [1.54, 1.807) is 12.1 Å². The molecule has 25 heavy (non-hydrogen) atoms. The number of nitrogens with one attached hydrogen (secondary N) is 1. The zero-order valence-electron chi connectivity index (χ0n) is 13.6. The lowest BCUT2D eigenvalue weighted by Gasteiger charge is -2.11. The number of rotatable bonds is 3. The normalized spacial score (nSPS) is 11.0. The van der Waals surface area contributed by atoms with Gasteiger partial charge in [-0.25, -0.2) is 4.98 Å². The Labute approximate surface area is 153 Å². The van der Waals surface area contributed by atoms with Gasteiger partial charge in [0.25, 0.3) is 0 Å². The van der Waals surface area contributed by atoms with Gasteiger partial charge in [0.15, 0.2) is 0 Å². The molecule has 2 aromatic carbocycles. The monoisotopic (exact) mass is 393 g/mol. The van der Waals surface area contributed by atoms with Gasteiger partial charge in [-0.15, -0.1) is 0 Å². The van der Waals surface area contributed by atoms with Gasteiger partial charge < -0.3 is 10.4 Å². The quantitative estimate of drug-likeness (QED) is 0.481. The number of hydrogen-bond donors (Lipinski definition) is 2. The van der Waals surface area contributed by atoms with Crippen molar-refractivity contribution in [3.8, 4) is 17.0 Å². The molecule has 0 amide bonds. The topological polar surface area (TPSA) is 49.6 Å². The maximum Gasteiger partial charge on any atom is 0.143 e. The molecule has 124 valence electrons. The molecule has 0 spiro atoms. The van der Waals surface area contributed by atoms with E-state index in [2.05, 4.69) is 25.6 Å².